The molecular formula is C16H18N4O. The Bertz CT molecular complexity index is 659. The molecule has 0 bridgehead atoms. The summed E-state index contributed by atoms with van der Waals surface area (Å²) in [6.45, 7) is 1.86. The molecule has 1 aliphatic rings. The van der Waals surface area contributed by atoms with Gasteiger partial charge in [-0.15, -0.1) is 0 Å². The Morgan fingerprint density at radius 1 is 1.29 bits per heavy atom. The molecule has 0 fully saturated rings. The number of aryl methyl sites for hydroxylation is 1. The molecule has 5 heteroatoms. The predicted molar refractivity (Wildman–Crippen MR) is 81.9 cm³/mol. The number of nitrogens with zero attached hydrogens (tertiary/aromatic N) is 1. The summed E-state index contributed by atoms with van der Waals surface area (Å²) in [5, 5.41) is 3.06. The van der Waals surface area contributed by atoms with Gasteiger partial charge in [0.05, 0.1) is 11.3 Å². The average Bonchev–Trinajstić information content (AvgIpc) is 2.88. The van der Waals surface area contributed by atoms with Gasteiger partial charge in [0.15, 0.2) is 0 Å². The number of nitrogens with one attached hydrogen (secondary N) is 2. The minimum Gasteiger partial charge on any atom is -0.349 e. The number of hydrogen-bond donors (Lipinski definition) is 3. The van der Waals surface area contributed by atoms with E-state index in [0.717, 1.165) is 18.5 Å². The van der Waals surface area contributed by atoms with Crippen LogP contribution in [0, 0.1) is 6.92 Å². The number of nitrogen functional groups attached to an aromatic ring is 1. The lowest BCUT2D eigenvalue weighted by Gasteiger charge is -2.14. The number of fused-ring (bicyclic) bond motifs is 1. The molecule has 3 rings (SSSR count). The Hall–Kier alpha value is -2.40. The molecule has 0 aliphatic heterocycles. The van der Waals surface area contributed by atoms with Crippen molar-refractivity contribution in [2.24, 2.45) is 5.84 Å². The van der Waals surface area contributed by atoms with Gasteiger partial charge in [-0.2, -0.15) is 0 Å². The quantitative estimate of drug-likeness (QED) is 0.590. The van der Waals surface area contributed by atoms with Crippen molar-refractivity contribution in [2.45, 2.75) is 25.8 Å². The predicted octanol–water partition coefficient (Wildman–Crippen LogP) is 1.57. The topological polar surface area (TPSA) is 80.0 Å². The number of aromatic nitrogens is 1. The monoisotopic (exact) mass is 282 g/mol. The largest absolute Gasteiger partial charge is 0.349 e. The van der Waals surface area contributed by atoms with Gasteiger partial charge in [0.25, 0.3) is 5.91 Å². The molecule has 0 unspecified atom stereocenters. The van der Waals surface area contributed by atoms with E-state index in [9.17, 15) is 4.79 Å². The Morgan fingerprint density at radius 2 is 1.95 bits per heavy atom. The smallest absolute Gasteiger partial charge is 0.255 e. The van der Waals surface area contributed by atoms with E-state index in [2.05, 4.69) is 27.9 Å². The first-order valence-corrected chi connectivity index (χ1v) is 6.98. The van der Waals surface area contributed by atoms with Crippen LogP contribution in [0.25, 0.3) is 0 Å². The van der Waals surface area contributed by atoms with E-state index < -0.39 is 0 Å². The van der Waals surface area contributed by atoms with E-state index in [-0.39, 0.29) is 11.9 Å². The summed E-state index contributed by atoms with van der Waals surface area (Å²) in [4.78, 5) is 16.6. The number of nitrogens with two attached hydrogens (primary N) is 1. The number of pyridine rings is 1. The number of hydrazine groups is 1. The van der Waals surface area contributed by atoms with Crippen LogP contribution < -0.4 is 16.6 Å². The highest BCUT2D eigenvalue weighted by Gasteiger charge is 2.23. The van der Waals surface area contributed by atoms with Crippen LogP contribution in [0.4, 0.5) is 5.69 Å². The van der Waals surface area contributed by atoms with Crippen molar-refractivity contribution in [1.82, 2.24) is 10.3 Å². The molecule has 5 nitrogen and oxygen atoms in total. The van der Waals surface area contributed by atoms with E-state index in [1.54, 1.807) is 12.3 Å². The summed E-state index contributed by atoms with van der Waals surface area (Å²) < 4.78 is 0. The molecule has 0 saturated heterocycles. The van der Waals surface area contributed by atoms with Gasteiger partial charge < -0.3 is 10.7 Å². The van der Waals surface area contributed by atoms with E-state index in [4.69, 9.17) is 5.84 Å². The summed E-state index contributed by atoms with van der Waals surface area (Å²) in [6, 6.07) is 10.2. The van der Waals surface area contributed by atoms with Gasteiger partial charge in [-0.25, -0.2) is 0 Å². The average molecular weight is 282 g/mol. The van der Waals surface area contributed by atoms with Gasteiger partial charge in [-0.3, -0.25) is 15.6 Å². The van der Waals surface area contributed by atoms with Gasteiger partial charge in [0.2, 0.25) is 0 Å². The summed E-state index contributed by atoms with van der Waals surface area (Å²) in [7, 11) is 0. The normalized spacial score (nSPS) is 13.8. The number of hydrogen-bond acceptors (Lipinski definition) is 4. The van der Waals surface area contributed by atoms with Crippen LogP contribution in [0.2, 0.25) is 0 Å². The molecule has 108 valence electrons. The Morgan fingerprint density at radius 3 is 2.57 bits per heavy atom. The fourth-order valence-corrected chi connectivity index (χ4v) is 2.78. The molecule has 0 spiro atoms. The van der Waals surface area contributed by atoms with Crippen molar-refractivity contribution < 1.29 is 4.79 Å². The van der Waals surface area contributed by atoms with Crippen molar-refractivity contribution in [3.63, 3.8) is 0 Å². The molecule has 0 saturated carbocycles. The highest BCUT2D eigenvalue weighted by atomic mass is 16.1. The fraction of sp³-hybridized carbons (Fsp3) is 0.250. The molecule has 21 heavy (non-hydrogen) atoms. The molecular weight excluding hydrogens is 264 g/mol. The summed E-state index contributed by atoms with van der Waals surface area (Å²) in [5.74, 6) is 5.33. The van der Waals surface area contributed by atoms with Crippen molar-refractivity contribution in [3.8, 4) is 0 Å². The Kier molecular flexibility index (Phi) is 3.58. The molecule has 1 aromatic carbocycles. The van der Waals surface area contributed by atoms with Crippen molar-refractivity contribution in [2.75, 3.05) is 5.43 Å². The highest BCUT2D eigenvalue weighted by Crippen LogP contribution is 2.22. The number of amides is 1. The maximum atomic E-state index is 12.4. The molecule has 1 amide bonds. The van der Waals surface area contributed by atoms with E-state index in [0.29, 0.717) is 11.3 Å². The number of anilines is 1. The molecule has 1 aliphatic carbocycles. The van der Waals surface area contributed by atoms with Gasteiger partial charge >= 0.3 is 0 Å². The van der Waals surface area contributed by atoms with E-state index in [1.165, 1.54) is 11.1 Å². The van der Waals surface area contributed by atoms with Gasteiger partial charge in [0.1, 0.15) is 0 Å². The van der Waals surface area contributed by atoms with Crippen LogP contribution >= 0.6 is 0 Å². The molecule has 1 heterocycles. The zero-order valence-electron chi connectivity index (χ0n) is 11.9. The minimum absolute atomic E-state index is 0.127. The van der Waals surface area contributed by atoms with Crippen LogP contribution in [0.5, 0.6) is 0 Å². The number of rotatable bonds is 3. The lowest BCUT2D eigenvalue weighted by Crippen LogP contribution is -2.36. The summed E-state index contributed by atoms with van der Waals surface area (Å²) >= 11 is 0. The van der Waals surface area contributed by atoms with Crippen LogP contribution in [0.1, 0.15) is 27.2 Å². The number of carbonyl (C=O) groups is 1. The Balaban J connectivity index is 1.74. The first-order chi connectivity index (χ1) is 10.2. The first-order valence-electron chi connectivity index (χ1n) is 6.98. The lowest BCUT2D eigenvalue weighted by atomic mass is 10.1. The van der Waals surface area contributed by atoms with Crippen molar-refractivity contribution in [3.05, 3.63) is 58.9 Å². The molecule has 0 radical (unpaired) electrons. The fourth-order valence-electron chi connectivity index (χ4n) is 2.78. The van der Waals surface area contributed by atoms with Crippen LogP contribution in [-0.2, 0) is 12.8 Å². The van der Waals surface area contributed by atoms with Crippen molar-refractivity contribution in [1.29, 1.82) is 0 Å². The zero-order valence-corrected chi connectivity index (χ0v) is 11.9. The molecule has 4 N–H and O–H groups in total. The molecule has 2 aromatic rings. The van der Waals surface area contributed by atoms with Gasteiger partial charge in [0, 0.05) is 17.9 Å². The second-order valence-electron chi connectivity index (χ2n) is 5.36. The van der Waals surface area contributed by atoms with Crippen LogP contribution in [-0.4, -0.2) is 16.9 Å². The Labute approximate surface area is 123 Å². The van der Waals surface area contributed by atoms with Crippen molar-refractivity contribution >= 4 is 11.6 Å². The highest BCUT2D eigenvalue weighted by molar-refractivity contribution is 5.99. The summed E-state index contributed by atoms with van der Waals surface area (Å²) in [5.41, 5.74) is 7.05. The molecule has 1 aromatic heterocycles. The van der Waals surface area contributed by atoms with Crippen LogP contribution in [0.3, 0.4) is 0 Å². The van der Waals surface area contributed by atoms with Crippen LogP contribution in [0.15, 0.2) is 36.5 Å². The first kappa shape index (κ1) is 13.6. The number of benzene rings is 1. The minimum atomic E-state index is -0.145. The third kappa shape index (κ3) is 2.73. The maximum Gasteiger partial charge on any atom is 0.255 e. The second-order valence-corrected chi connectivity index (χ2v) is 5.36. The van der Waals surface area contributed by atoms with Gasteiger partial charge in [-0.1, -0.05) is 24.3 Å². The maximum absolute atomic E-state index is 12.4. The third-order valence-electron chi connectivity index (χ3n) is 3.83. The third-order valence-corrected chi connectivity index (χ3v) is 3.83. The standard InChI is InChI=1S/C16H18N4O/c1-10-6-15(20-17)14(9-18-10)16(21)19-13-7-11-4-2-3-5-12(11)8-13/h2-6,9,13H,7-8,17H2,1H3,(H,18,20)(H,19,21). The lowest BCUT2D eigenvalue weighted by molar-refractivity contribution is 0.0939. The second kappa shape index (κ2) is 5.54. The number of carbonyl (C=O) groups excluding carboxylic acids is 1. The molecule has 0 atom stereocenters. The van der Waals surface area contributed by atoms with E-state index in [1.807, 2.05) is 19.1 Å². The SMILES string of the molecule is Cc1cc(NN)c(C(=O)NC2Cc3ccccc3C2)cn1. The van der Waals surface area contributed by atoms with E-state index >= 15 is 0 Å². The summed E-state index contributed by atoms with van der Waals surface area (Å²) in [6.07, 6.45) is 3.29. The zero-order chi connectivity index (χ0) is 14.8. The van der Waals surface area contributed by atoms with Gasteiger partial charge in [-0.05, 0) is 37.0 Å².